The molecule has 0 spiro atoms. The summed E-state index contributed by atoms with van der Waals surface area (Å²) >= 11 is 11.9. The van der Waals surface area contributed by atoms with Gasteiger partial charge in [0, 0.05) is 5.69 Å². The van der Waals surface area contributed by atoms with Gasteiger partial charge in [0.1, 0.15) is 12.0 Å². The van der Waals surface area contributed by atoms with Gasteiger partial charge in [-0.05, 0) is 36.2 Å². The van der Waals surface area contributed by atoms with E-state index in [9.17, 15) is 14.7 Å². The van der Waals surface area contributed by atoms with Crippen LogP contribution in [0.5, 0.6) is 5.75 Å². The van der Waals surface area contributed by atoms with Crippen molar-refractivity contribution in [3.05, 3.63) is 57.6 Å². The molecule has 2 rings (SSSR count). The number of aromatic hydroxyl groups is 1. The van der Waals surface area contributed by atoms with Crippen molar-refractivity contribution in [1.29, 1.82) is 0 Å². The summed E-state index contributed by atoms with van der Waals surface area (Å²) in [5.74, 6) is -0.607. The van der Waals surface area contributed by atoms with E-state index < -0.39 is 11.9 Å². The van der Waals surface area contributed by atoms with Gasteiger partial charge in [-0.25, -0.2) is 0 Å². The maximum Gasteiger partial charge on any atom is 0.258 e. The second-order valence-electron chi connectivity index (χ2n) is 4.94. The van der Waals surface area contributed by atoms with Crippen molar-refractivity contribution in [3.8, 4) is 5.75 Å². The van der Waals surface area contributed by atoms with Crippen molar-refractivity contribution in [2.24, 2.45) is 5.73 Å². The second kappa shape index (κ2) is 7.46. The summed E-state index contributed by atoms with van der Waals surface area (Å²) in [5.41, 5.74) is 7.06. The summed E-state index contributed by atoms with van der Waals surface area (Å²) in [5, 5.41) is 12.2. The van der Waals surface area contributed by atoms with Crippen LogP contribution in [0.2, 0.25) is 10.0 Å². The Kier molecular flexibility index (Phi) is 5.60. The number of hydrogen-bond donors (Lipinski definition) is 3. The van der Waals surface area contributed by atoms with Crippen molar-refractivity contribution < 1.29 is 14.7 Å². The average molecular weight is 353 g/mol. The van der Waals surface area contributed by atoms with Crippen LogP contribution in [0.25, 0.3) is 0 Å². The molecular weight excluding hydrogens is 339 g/mol. The van der Waals surface area contributed by atoms with Gasteiger partial charge in [-0.15, -0.1) is 0 Å². The number of rotatable bonds is 5. The highest BCUT2D eigenvalue weighted by atomic mass is 35.5. The number of phenolic OH excluding ortho intramolecular Hbond substituents is 1. The largest absolute Gasteiger partial charge is 0.508 e. The minimum Gasteiger partial charge on any atom is -0.508 e. The molecule has 0 fully saturated rings. The molecule has 23 heavy (non-hydrogen) atoms. The quantitative estimate of drug-likeness (QED) is 0.721. The van der Waals surface area contributed by atoms with E-state index >= 15 is 0 Å². The zero-order valence-corrected chi connectivity index (χ0v) is 13.4. The Balaban J connectivity index is 2.13. The first-order chi connectivity index (χ1) is 10.9. The third kappa shape index (κ3) is 4.45. The topological polar surface area (TPSA) is 92.4 Å². The van der Waals surface area contributed by atoms with Crippen molar-refractivity contribution in [2.75, 3.05) is 5.32 Å². The minimum absolute atomic E-state index is 0.0566. The average Bonchev–Trinajstić information content (AvgIpc) is 2.48. The molecule has 7 heteroatoms. The van der Waals surface area contributed by atoms with Crippen molar-refractivity contribution in [3.63, 3.8) is 0 Å². The van der Waals surface area contributed by atoms with Gasteiger partial charge >= 0.3 is 0 Å². The smallest absolute Gasteiger partial charge is 0.258 e. The predicted molar refractivity (Wildman–Crippen MR) is 90.3 cm³/mol. The van der Waals surface area contributed by atoms with E-state index in [0.717, 1.165) is 5.56 Å². The van der Waals surface area contributed by atoms with E-state index in [4.69, 9.17) is 28.9 Å². The lowest BCUT2D eigenvalue weighted by molar-refractivity contribution is -0.108. The maximum atomic E-state index is 12.2. The third-order valence-electron chi connectivity index (χ3n) is 3.11. The zero-order chi connectivity index (χ0) is 17.0. The van der Waals surface area contributed by atoms with E-state index in [1.165, 1.54) is 12.1 Å². The molecule has 0 radical (unpaired) electrons. The summed E-state index contributed by atoms with van der Waals surface area (Å²) < 4.78 is 0. The zero-order valence-electron chi connectivity index (χ0n) is 11.9. The number of nitrogens with one attached hydrogen (secondary N) is 1. The lowest BCUT2D eigenvalue weighted by atomic mass is 10.1. The molecule has 5 nitrogen and oxygen atoms in total. The molecular formula is C16H14Cl2N2O3. The highest BCUT2D eigenvalue weighted by Crippen LogP contribution is 2.30. The van der Waals surface area contributed by atoms with E-state index in [1.807, 2.05) is 0 Å². The fourth-order valence-electron chi connectivity index (χ4n) is 2.01. The van der Waals surface area contributed by atoms with Crippen LogP contribution in [0.3, 0.4) is 0 Å². The van der Waals surface area contributed by atoms with Crippen LogP contribution in [0.15, 0.2) is 36.4 Å². The number of amides is 1. The molecule has 1 amide bonds. The molecule has 0 aliphatic carbocycles. The normalized spacial score (nSPS) is 11.8. The van der Waals surface area contributed by atoms with Gasteiger partial charge in [-0.1, -0.05) is 35.3 Å². The van der Waals surface area contributed by atoms with Gasteiger partial charge in [0.2, 0.25) is 0 Å². The number of halogens is 2. The molecule has 2 aromatic carbocycles. The highest BCUT2D eigenvalue weighted by molar-refractivity contribution is 6.40. The number of carbonyl (C=O) groups is 2. The third-order valence-corrected chi connectivity index (χ3v) is 3.71. The van der Waals surface area contributed by atoms with E-state index in [0.29, 0.717) is 18.4 Å². The van der Waals surface area contributed by atoms with Crippen molar-refractivity contribution in [1.82, 2.24) is 0 Å². The molecule has 120 valence electrons. The van der Waals surface area contributed by atoms with Crippen LogP contribution >= 0.6 is 23.2 Å². The van der Waals surface area contributed by atoms with Gasteiger partial charge in [0.15, 0.2) is 0 Å². The number of benzene rings is 2. The van der Waals surface area contributed by atoms with Crippen LogP contribution in [-0.2, 0) is 11.2 Å². The van der Waals surface area contributed by atoms with Crippen molar-refractivity contribution >= 4 is 41.1 Å². The molecule has 0 heterocycles. The molecule has 1 unspecified atom stereocenters. The van der Waals surface area contributed by atoms with E-state index in [1.54, 1.807) is 24.3 Å². The van der Waals surface area contributed by atoms with Crippen LogP contribution in [0, 0.1) is 0 Å². The van der Waals surface area contributed by atoms with Gasteiger partial charge in [0.05, 0.1) is 21.7 Å². The Labute approximate surface area is 143 Å². The van der Waals surface area contributed by atoms with Crippen LogP contribution in [0.1, 0.15) is 15.9 Å². The van der Waals surface area contributed by atoms with Gasteiger partial charge in [-0.3, -0.25) is 4.79 Å². The van der Waals surface area contributed by atoms with Crippen molar-refractivity contribution in [2.45, 2.75) is 12.5 Å². The van der Waals surface area contributed by atoms with E-state index in [-0.39, 0.29) is 21.4 Å². The minimum atomic E-state index is -0.551. The van der Waals surface area contributed by atoms with Crippen LogP contribution in [-0.4, -0.2) is 23.3 Å². The number of aldehydes is 1. The molecule has 0 saturated heterocycles. The summed E-state index contributed by atoms with van der Waals surface area (Å²) in [6.07, 6.45) is 1.11. The lowest BCUT2D eigenvalue weighted by Crippen LogP contribution is -2.24. The summed E-state index contributed by atoms with van der Waals surface area (Å²) in [7, 11) is 0. The second-order valence-corrected chi connectivity index (χ2v) is 5.75. The number of anilines is 1. The number of hydrogen-bond acceptors (Lipinski definition) is 4. The van der Waals surface area contributed by atoms with E-state index in [2.05, 4.69) is 5.32 Å². The lowest BCUT2D eigenvalue weighted by Gasteiger charge is -2.10. The van der Waals surface area contributed by atoms with Gasteiger partial charge in [0.25, 0.3) is 5.91 Å². The number of nitrogens with two attached hydrogens (primary N) is 1. The summed E-state index contributed by atoms with van der Waals surface area (Å²) in [6, 6.07) is 8.83. The SMILES string of the molecule is NC(C=O)Cc1ccc(NC(=O)c2c(Cl)cc(O)cc2Cl)cc1. The Morgan fingerprint density at radius 1 is 1.22 bits per heavy atom. The Hall–Kier alpha value is -2.08. The molecule has 1 atom stereocenters. The number of phenols is 1. The number of carbonyl (C=O) groups excluding carboxylic acids is 2. The Morgan fingerprint density at radius 2 is 1.78 bits per heavy atom. The molecule has 0 saturated carbocycles. The maximum absolute atomic E-state index is 12.2. The standard InChI is InChI=1S/C16H14Cl2N2O3/c17-13-6-12(22)7-14(18)15(13)16(23)20-11-3-1-9(2-4-11)5-10(19)8-21/h1-4,6-8,10,22H,5,19H2,(H,20,23). The monoisotopic (exact) mass is 352 g/mol. The first kappa shape index (κ1) is 17.3. The summed E-state index contributed by atoms with van der Waals surface area (Å²) in [4.78, 5) is 22.8. The first-order valence-electron chi connectivity index (χ1n) is 6.70. The molecule has 4 N–H and O–H groups in total. The van der Waals surface area contributed by atoms with Crippen LogP contribution < -0.4 is 11.1 Å². The Morgan fingerprint density at radius 3 is 2.30 bits per heavy atom. The Bertz CT molecular complexity index is 710. The molecule has 0 aliphatic rings. The fourth-order valence-corrected chi connectivity index (χ4v) is 2.66. The molecule has 0 aliphatic heterocycles. The highest BCUT2D eigenvalue weighted by Gasteiger charge is 2.16. The first-order valence-corrected chi connectivity index (χ1v) is 7.45. The van der Waals surface area contributed by atoms with Crippen LogP contribution in [0.4, 0.5) is 5.69 Å². The van der Waals surface area contributed by atoms with Gasteiger partial charge < -0.3 is 21.0 Å². The molecule has 0 bridgehead atoms. The van der Waals surface area contributed by atoms with Gasteiger partial charge in [-0.2, -0.15) is 0 Å². The predicted octanol–water partition coefficient (Wildman–Crippen LogP) is 3.02. The molecule has 0 aromatic heterocycles. The summed E-state index contributed by atoms with van der Waals surface area (Å²) in [6.45, 7) is 0. The fraction of sp³-hybridized carbons (Fsp3) is 0.125. The molecule has 2 aromatic rings.